The highest BCUT2D eigenvalue weighted by molar-refractivity contribution is 5.74. The van der Waals surface area contributed by atoms with Gasteiger partial charge in [-0.05, 0) is 36.3 Å². The van der Waals surface area contributed by atoms with E-state index in [1.165, 1.54) is 12.8 Å². The van der Waals surface area contributed by atoms with Gasteiger partial charge >= 0.3 is 6.03 Å². The van der Waals surface area contributed by atoms with Crippen molar-refractivity contribution < 1.29 is 9.90 Å². The molecule has 1 aromatic rings. The number of rotatable bonds is 7. The van der Waals surface area contributed by atoms with Crippen LogP contribution >= 0.6 is 0 Å². The standard InChI is InChI=1S/C16H24N2O2/c1-2-3-14-10-15(14)18-16(20)17-9-8-12-4-6-13(11-19)7-5-12/h4-7,14-15,19H,2-3,8-11H2,1H3,(H2,17,18,20). The Hall–Kier alpha value is -1.55. The topological polar surface area (TPSA) is 61.4 Å². The molecule has 3 N–H and O–H groups in total. The highest BCUT2D eigenvalue weighted by Crippen LogP contribution is 2.34. The summed E-state index contributed by atoms with van der Waals surface area (Å²) in [7, 11) is 0. The number of benzene rings is 1. The van der Waals surface area contributed by atoms with Gasteiger partial charge in [-0.2, -0.15) is 0 Å². The lowest BCUT2D eigenvalue weighted by Crippen LogP contribution is -2.38. The van der Waals surface area contributed by atoms with Crippen LogP contribution in [-0.2, 0) is 13.0 Å². The number of carbonyl (C=O) groups is 1. The molecule has 1 aliphatic rings. The molecule has 2 amide bonds. The second-order valence-corrected chi connectivity index (χ2v) is 5.52. The third-order valence-corrected chi connectivity index (χ3v) is 3.80. The van der Waals surface area contributed by atoms with Crippen LogP contribution < -0.4 is 10.6 Å². The molecule has 2 rings (SSSR count). The van der Waals surface area contributed by atoms with E-state index >= 15 is 0 Å². The normalized spacial score (nSPS) is 20.5. The average Bonchev–Trinajstić information content (AvgIpc) is 3.18. The van der Waals surface area contributed by atoms with E-state index in [0.717, 1.165) is 24.0 Å². The number of aliphatic hydroxyl groups excluding tert-OH is 1. The van der Waals surface area contributed by atoms with Crippen molar-refractivity contribution in [2.45, 2.75) is 45.3 Å². The van der Waals surface area contributed by atoms with E-state index in [1.807, 2.05) is 24.3 Å². The van der Waals surface area contributed by atoms with E-state index in [2.05, 4.69) is 17.6 Å². The summed E-state index contributed by atoms with van der Waals surface area (Å²) in [6, 6.07) is 8.13. The molecule has 0 radical (unpaired) electrons. The Morgan fingerprint density at radius 3 is 2.65 bits per heavy atom. The van der Waals surface area contributed by atoms with Crippen LogP contribution in [0.4, 0.5) is 4.79 Å². The fourth-order valence-electron chi connectivity index (χ4n) is 2.47. The molecule has 4 heteroatoms. The van der Waals surface area contributed by atoms with Gasteiger partial charge in [-0.3, -0.25) is 0 Å². The second kappa shape index (κ2) is 7.29. The quantitative estimate of drug-likeness (QED) is 0.715. The Balaban J connectivity index is 1.61. The highest BCUT2D eigenvalue weighted by Gasteiger charge is 2.36. The zero-order chi connectivity index (χ0) is 14.4. The molecule has 20 heavy (non-hydrogen) atoms. The minimum absolute atomic E-state index is 0.0550. The van der Waals surface area contributed by atoms with E-state index in [1.54, 1.807) is 0 Å². The number of amides is 2. The molecule has 0 saturated heterocycles. The summed E-state index contributed by atoms with van der Waals surface area (Å²) in [4.78, 5) is 11.7. The third-order valence-electron chi connectivity index (χ3n) is 3.80. The van der Waals surface area contributed by atoms with Crippen molar-refractivity contribution >= 4 is 6.03 Å². The maximum absolute atomic E-state index is 11.7. The fraction of sp³-hybridized carbons (Fsp3) is 0.562. The van der Waals surface area contributed by atoms with Gasteiger partial charge in [0.15, 0.2) is 0 Å². The van der Waals surface area contributed by atoms with Crippen LogP contribution in [0, 0.1) is 5.92 Å². The molecule has 2 atom stereocenters. The first-order chi connectivity index (χ1) is 9.72. The molecule has 2 unspecified atom stereocenters. The average molecular weight is 276 g/mol. The van der Waals surface area contributed by atoms with Gasteiger partial charge in [-0.1, -0.05) is 37.6 Å². The first-order valence-electron chi connectivity index (χ1n) is 7.46. The Kier molecular flexibility index (Phi) is 5.41. The van der Waals surface area contributed by atoms with Gasteiger partial charge in [-0.25, -0.2) is 4.79 Å². The van der Waals surface area contributed by atoms with E-state index in [-0.39, 0.29) is 12.6 Å². The van der Waals surface area contributed by atoms with Crippen LogP contribution in [0.15, 0.2) is 24.3 Å². The predicted molar refractivity (Wildman–Crippen MR) is 79.4 cm³/mol. The molecule has 0 bridgehead atoms. The Morgan fingerprint density at radius 2 is 2.00 bits per heavy atom. The molecule has 0 heterocycles. The summed E-state index contributed by atoms with van der Waals surface area (Å²) >= 11 is 0. The van der Waals surface area contributed by atoms with Crippen LogP contribution in [0.2, 0.25) is 0 Å². The molecule has 4 nitrogen and oxygen atoms in total. The fourth-order valence-corrected chi connectivity index (χ4v) is 2.47. The SMILES string of the molecule is CCCC1CC1NC(=O)NCCc1ccc(CO)cc1. The number of carbonyl (C=O) groups excluding carboxylic acids is 1. The molecule has 1 aromatic carbocycles. The third kappa shape index (κ3) is 4.53. The van der Waals surface area contributed by atoms with Crippen LogP contribution in [0.1, 0.15) is 37.3 Å². The summed E-state index contributed by atoms with van der Waals surface area (Å²) < 4.78 is 0. The monoisotopic (exact) mass is 276 g/mol. The molecule has 0 spiro atoms. The Labute approximate surface area is 120 Å². The van der Waals surface area contributed by atoms with Crippen LogP contribution in [0.5, 0.6) is 0 Å². The predicted octanol–water partition coefficient (Wildman–Crippen LogP) is 2.21. The first-order valence-corrected chi connectivity index (χ1v) is 7.46. The van der Waals surface area contributed by atoms with Crippen molar-refractivity contribution in [3.05, 3.63) is 35.4 Å². The summed E-state index contributed by atoms with van der Waals surface area (Å²) in [5.74, 6) is 0.691. The van der Waals surface area contributed by atoms with Crippen molar-refractivity contribution in [3.8, 4) is 0 Å². The van der Waals surface area contributed by atoms with Crippen molar-refractivity contribution in [3.63, 3.8) is 0 Å². The van der Waals surface area contributed by atoms with Gasteiger partial charge < -0.3 is 15.7 Å². The van der Waals surface area contributed by atoms with Gasteiger partial charge in [-0.15, -0.1) is 0 Å². The maximum atomic E-state index is 11.7. The zero-order valence-corrected chi connectivity index (χ0v) is 12.1. The molecular weight excluding hydrogens is 252 g/mol. The zero-order valence-electron chi connectivity index (χ0n) is 12.1. The van der Waals surface area contributed by atoms with Gasteiger partial charge in [0.05, 0.1) is 6.61 Å². The summed E-state index contributed by atoms with van der Waals surface area (Å²) in [6.45, 7) is 2.88. The molecule has 0 aromatic heterocycles. The number of hydrogen-bond acceptors (Lipinski definition) is 2. The van der Waals surface area contributed by atoms with Crippen LogP contribution in [0.3, 0.4) is 0 Å². The van der Waals surface area contributed by atoms with Crippen molar-refractivity contribution in [1.82, 2.24) is 10.6 Å². The first kappa shape index (κ1) is 14.9. The van der Waals surface area contributed by atoms with Crippen molar-refractivity contribution in [2.75, 3.05) is 6.54 Å². The molecule has 110 valence electrons. The minimum atomic E-state index is -0.0550. The molecule has 1 fully saturated rings. The maximum Gasteiger partial charge on any atom is 0.315 e. The van der Waals surface area contributed by atoms with Gasteiger partial charge in [0.2, 0.25) is 0 Å². The Bertz CT molecular complexity index is 431. The van der Waals surface area contributed by atoms with Gasteiger partial charge in [0.25, 0.3) is 0 Å². The van der Waals surface area contributed by atoms with E-state index in [0.29, 0.717) is 18.5 Å². The lowest BCUT2D eigenvalue weighted by molar-refractivity contribution is 0.240. The number of urea groups is 1. The highest BCUT2D eigenvalue weighted by atomic mass is 16.3. The van der Waals surface area contributed by atoms with Gasteiger partial charge in [0.1, 0.15) is 0 Å². The second-order valence-electron chi connectivity index (χ2n) is 5.52. The largest absolute Gasteiger partial charge is 0.392 e. The van der Waals surface area contributed by atoms with E-state index < -0.39 is 0 Å². The molecule has 1 saturated carbocycles. The Morgan fingerprint density at radius 1 is 1.30 bits per heavy atom. The summed E-state index contributed by atoms with van der Waals surface area (Å²) in [6.07, 6.45) is 4.34. The van der Waals surface area contributed by atoms with Crippen molar-refractivity contribution in [2.24, 2.45) is 5.92 Å². The minimum Gasteiger partial charge on any atom is -0.392 e. The van der Waals surface area contributed by atoms with E-state index in [4.69, 9.17) is 5.11 Å². The van der Waals surface area contributed by atoms with Crippen LogP contribution in [0.25, 0.3) is 0 Å². The summed E-state index contributed by atoms with van der Waals surface area (Å²) in [5.41, 5.74) is 2.08. The van der Waals surface area contributed by atoms with Crippen LogP contribution in [-0.4, -0.2) is 23.7 Å². The smallest absolute Gasteiger partial charge is 0.315 e. The van der Waals surface area contributed by atoms with Crippen molar-refractivity contribution in [1.29, 1.82) is 0 Å². The number of hydrogen-bond donors (Lipinski definition) is 3. The number of aliphatic hydroxyl groups is 1. The molecule has 0 aliphatic heterocycles. The molecule has 1 aliphatic carbocycles. The van der Waals surface area contributed by atoms with E-state index in [9.17, 15) is 4.79 Å². The summed E-state index contributed by atoms with van der Waals surface area (Å²) in [5, 5.41) is 14.9. The lowest BCUT2D eigenvalue weighted by atomic mass is 10.1. The molecular formula is C16H24N2O2. The van der Waals surface area contributed by atoms with Gasteiger partial charge in [0, 0.05) is 12.6 Å². The lowest BCUT2D eigenvalue weighted by Gasteiger charge is -2.07. The number of nitrogens with one attached hydrogen (secondary N) is 2.